The summed E-state index contributed by atoms with van der Waals surface area (Å²) >= 11 is 0. The molecule has 1 aromatic rings. The molecule has 1 fully saturated rings. The summed E-state index contributed by atoms with van der Waals surface area (Å²) in [4.78, 5) is 16.1. The van der Waals surface area contributed by atoms with Crippen molar-refractivity contribution in [2.45, 2.75) is 17.9 Å². The van der Waals surface area contributed by atoms with Crippen LogP contribution in [0.2, 0.25) is 0 Å². The molecule has 2 aliphatic heterocycles. The standard InChI is InChI=1S/C15H20N4O3S/c1-11-9-16-7-8-19(11)14(20)10-18(2)15-12-5-3-4-6-13(12)23(21,22)17-15/h3-6,11,16H,7-10H2,1-2H3. The summed E-state index contributed by atoms with van der Waals surface area (Å²) in [5.41, 5.74) is 0.552. The van der Waals surface area contributed by atoms with Crippen LogP contribution in [0.4, 0.5) is 0 Å². The summed E-state index contributed by atoms with van der Waals surface area (Å²) in [5.74, 6) is 0.308. The molecule has 2 heterocycles. The van der Waals surface area contributed by atoms with E-state index in [1.54, 1.807) is 30.1 Å². The first-order chi connectivity index (χ1) is 10.9. The van der Waals surface area contributed by atoms with Crippen molar-refractivity contribution in [2.75, 3.05) is 33.2 Å². The summed E-state index contributed by atoms with van der Waals surface area (Å²) in [7, 11) is -1.96. The van der Waals surface area contributed by atoms with E-state index in [-0.39, 0.29) is 23.4 Å². The number of carbonyl (C=O) groups is 1. The molecule has 1 N–H and O–H groups in total. The first-order valence-corrected chi connectivity index (χ1v) is 9.00. The number of rotatable bonds is 2. The lowest BCUT2D eigenvalue weighted by molar-refractivity contribution is -0.134. The van der Waals surface area contributed by atoms with Gasteiger partial charge in [-0.2, -0.15) is 8.42 Å². The molecule has 7 nitrogen and oxygen atoms in total. The fourth-order valence-corrected chi connectivity index (χ4v) is 4.20. The second-order valence-electron chi connectivity index (χ2n) is 5.88. The molecule has 1 aromatic carbocycles. The predicted molar refractivity (Wildman–Crippen MR) is 86.8 cm³/mol. The molecule has 1 atom stereocenters. The van der Waals surface area contributed by atoms with E-state index in [1.807, 2.05) is 11.8 Å². The van der Waals surface area contributed by atoms with Gasteiger partial charge in [0.25, 0.3) is 10.0 Å². The van der Waals surface area contributed by atoms with Gasteiger partial charge in [0, 0.05) is 38.3 Å². The van der Waals surface area contributed by atoms with Crippen molar-refractivity contribution in [1.29, 1.82) is 0 Å². The molecule has 0 aromatic heterocycles. The van der Waals surface area contributed by atoms with Gasteiger partial charge in [-0.15, -0.1) is 4.40 Å². The number of hydrogen-bond donors (Lipinski definition) is 1. The average molecular weight is 336 g/mol. The van der Waals surface area contributed by atoms with E-state index >= 15 is 0 Å². The smallest absolute Gasteiger partial charge is 0.285 e. The van der Waals surface area contributed by atoms with Crippen LogP contribution in [0, 0.1) is 0 Å². The molecule has 0 radical (unpaired) electrons. The number of hydrogen-bond acceptors (Lipinski definition) is 5. The lowest BCUT2D eigenvalue weighted by Gasteiger charge is -2.35. The van der Waals surface area contributed by atoms with Gasteiger partial charge in [0.15, 0.2) is 5.84 Å². The van der Waals surface area contributed by atoms with Crippen LogP contribution in [0.1, 0.15) is 12.5 Å². The van der Waals surface area contributed by atoms with Crippen molar-refractivity contribution >= 4 is 21.8 Å². The van der Waals surface area contributed by atoms with E-state index in [2.05, 4.69) is 9.71 Å². The molecule has 23 heavy (non-hydrogen) atoms. The molecule has 8 heteroatoms. The molecule has 1 unspecified atom stereocenters. The van der Waals surface area contributed by atoms with E-state index in [4.69, 9.17) is 0 Å². The van der Waals surface area contributed by atoms with Crippen LogP contribution in [-0.2, 0) is 14.8 Å². The number of nitrogens with one attached hydrogen (secondary N) is 1. The Morgan fingerprint density at radius 3 is 2.91 bits per heavy atom. The molecule has 0 spiro atoms. The minimum Gasteiger partial charge on any atom is -0.349 e. The average Bonchev–Trinajstić information content (AvgIpc) is 2.80. The minimum absolute atomic E-state index is 0.0222. The summed E-state index contributed by atoms with van der Waals surface area (Å²) < 4.78 is 28.0. The fourth-order valence-electron chi connectivity index (χ4n) is 2.94. The third-order valence-electron chi connectivity index (χ3n) is 4.17. The highest BCUT2D eigenvalue weighted by molar-refractivity contribution is 7.90. The number of amidine groups is 1. The maximum absolute atomic E-state index is 12.5. The lowest BCUT2D eigenvalue weighted by Crippen LogP contribution is -2.54. The first kappa shape index (κ1) is 15.9. The van der Waals surface area contributed by atoms with Crippen LogP contribution in [0.5, 0.6) is 0 Å². The summed E-state index contributed by atoms with van der Waals surface area (Å²) in [5, 5.41) is 3.24. The third-order valence-corrected chi connectivity index (χ3v) is 5.49. The molecular weight excluding hydrogens is 316 g/mol. The number of sulfonamides is 1. The van der Waals surface area contributed by atoms with Crippen LogP contribution >= 0.6 is 0 Å². The zero-order chi connectivity index (χ0) is 16.6. The Kier molecular flexibility index (Phi) is 4.11. The maximum Gasteiger partial charge on any atom is 0.285 e. The number of carbonyl (C=O) groups excluding carboxylic acids is 1. The Labute approximate surface area is 136 Å². The van der Waals surface area contributed by atoms with Crippen molar-refractivity contribution in [2.24, 2.45) is 4.40 Å². The van der Waals surface area contributed by atoms with E-state index < -0.39 is 10.0 Å². The van der Waals surface area contributed by atoms with Crippen LogP contribution in [-0.4, -0.2) is 69.2 Å². The summed E-state index contributed by atoms with van der Waals surface area (Å²) in [6.45, 7) is 4.31. The molecule has 1 saturated heterocycles. The quantitative estimate of drug-likeness (QED) is 0.815. The van der Waals surface area contributed by atoms with Gasteiger partial charge < -0.3 is 15.1 Å². The van der Waals surface area contributed by atoms with Crippen LogP contribution in [0.25, 0.3) is 0 Å². The van der Waals surface area contributed by atoms with E-state index in [0.717, 1.165) is 13.1 Å². The van der Waals surface area contributed by atoms with Gasteiger partial charge in [0.1, 0.15) is 4.90 Å². The second kappa shape index (κ2) is 5.93. The first-order valence-electron chi connectivity index (χ1n) is 7.56. The molecule has 0 aliphatic carbocycles. The number of amides is 1. The van der Waals surface area contributed by atoms with Gasteiger partial charge in [-0.05, 0) is 19.1 Å². The zero-order valence-corrected chi connectivity index (χ0v) is 14.0. The molecule has 124 valence electrons. The third kappa shape index (κ3) is 2.96. The number of likely N-dealkylation sites (N-methyl/N-ethyl adjacent to an activating group) is 1. The van der Waals surface area contributed by atoms with Crippen molar-refractivity contribution < 1.29 is 13.2 Å². The van der Waals surface area contributed by atoms with Gasteiger partial charge in [-0.3, -0.25) is 4.79 Å². The lowest BCUT2D eigenvalue weighted by atomic mass is 10.2. The highest BCUT2D eigenvalue weighted by Gasteiger charge is 2.32. The molecule has 1 amide bonds. The monoisotopic (exact) mass is 336 g/mol. The Hall–Kier alpha value is -1.93. The number of benzene rings is 1. The molecule has 2 aliphatic rings. The van der Waals surface area contributed by atoms with Crippen LogP contribution in [0.3, 0.4) is 0 Å². The topological polar surface area (TPSA) is 82.1 Å². The van der Waals surface area contributed by atoms with Gasteiger partial charge in [-0.1, -0.05) is 12.1 Å². The van der Waals surface area contributed by atoms with Crippen molar-refractivity contribution in [3.8, 4) is 0 Å². The normalized spacial score (nSPS) is 22.4. The van der Waals surface area contributed by atoms with Crippen molar-refractivity contribution in [3.05, 3.63) is 29.8 Å². The summed E-state index contributed by atoms with van der Waals surface area (Å²) in [6.07, 6.45) is 0. The Morgan fingerprint density at radius 2 is 2.17 bits per heavy atom. The maximum atomic E-state index is 12.5. The van der Waals surface area contributed by atoms with Gasteiger partial charge in [0.05, 0.1) is 6.54 Å². The predicted octanol–water partition coefficient (Wildman–Crippen LogP) is -0.112. The van der Waals surface area contributed by atoms with E-state index in [1.165, 1.54) is 6.07 Å². The fraction of sp³-hybridized carbons (Fsp3) is 0.467. The van der Waals surface area contributed by atoms with Crippen molar-refractivity contribution in [1.82, 2.24) is 15.1 Å². The van der Waals surface area contributed by atoms with Gasteiger partial charge in [0.2, 0.25) is 5.91 Å². The van der Waals surface area contributed by atoms with Crippen LogP contribution < -0.4 is 5.32 Å². The Balaban J connectivity index is 1.79. The Morgan fingerprint density at radius 1 is 1.43 bits per heavy atom. The molecule has 3 rings (SSSR count). The molecule has 0 bridgehead atoms. The largest absolute Gasteiger partial charge is 0.349 e. The van der Waals surface area contributed by atoms with Gasteiger partial charge in [-0.25, -0.2) is 0 Å². The van der Waals surface area contributed by atoms with Crippen LogP contribution in [0.15, 0.2) is 33.6 Å². The van der Waals surface area contributed by atoms with E-state index in [9.17, 15) is 13.2 Å². The highest BCUT2D eigenvalue weighted by atomic mass is 32.2. The van der Waals surface area contributed by atoms with E-state index in [0.29, 0.717) is 17.9 Å². The number of piperazine rings is 1. The van der Waals surface area contributed by atoms with Crippen molar-refractivity contribution in [3.63, 3.8) is 0 Å². The number of nitrogens with zero attached hydrogens (tertiary/aromatic N) is 3. The Bertz CT molecular complexity index is 760. The highest BCUT2D eigenvalue weighted by Crippen LogP contribution is 2.26. The second-order valence-corrected chi connectivity index (χ2v) is 7.45. The molecular formula is C15H20N4O3S. The number of fused-ring (bicyclic) bond motifs is 1. The minimum atomic E-state index is -3.66. The summed E-state index contributed by atoms with van der Waals surface area (Å²) in [6, 6.07) is 6.82. The molecule has 0 saturated carbocycles. The SMILES string of the molecule is CC1CNCCN1C(=O)CN(C)C1=NS(=O)(=O)c2ccccc21. The zero-order valence-electron chi connectivity index (χ0n) is 13.2. The van der Waals surface area contributed by atoms with Gasteiger partial charge >= 0.3 is 0 Å².